The third-order valence-electron chi connectivity index (χ3n) is 3.75. The second kappa shape index (κ2) is 8.73. The molecule has 1 fully saturated rings. The second-order valence-corrected chi connectivity index (χ2v) is 5.90. The molecule has 0 aromatic heterocycles. The van der Waals surface area contributed by atoms with E-state index in [1.807, 2.05) is 0 Å². The molecule has 1 aliphatic carbocycles. The lowest BCUT2D eigenvalue weighted by Crippen LogP contribution is -2.13. The summed E-state index contributed by atoms with van der Waals surface area (Å²) in [5, 5.41) is 2.82. The number of hydrogen-bond donors (Lipinski definition) is 2. The summed E-state index contributed by atoms with van der Waals surface area (Å²) in [7, 11) is 0. The van der Waals surface area contributed by atoms with Crippen LogP contribution in [0.25, 0.3) is 0 Å². The molecule has 2 rings (SSSR count). The fraction of sp³-hybridized carbons (Fsp3) is 0.588. The fourth-order valence-corrected chi connectivity index (χ4v) is 2.21. The molecule has 22 heavy (non-hydrogen) atoms. The highest BCUT2D eigenvalue weighted by Crippen LogP contribution is 2.32. The molecule has 0 heterocycles. The Morgan fingerprint density at radius 1 is 1.27 bits per heavy atom. The van der Waals surface area contributed by atoms with Crippen LogP contribution in [0.15, 0.2) is 18.2 Å². The first-order chi connectivity index (χ1) is 10.7. The second-order valence-electron chi connectivity index (χ2n) is 5.90. The van der Waals surface area contributed by atoms with E-state index in [2.05, 4.69) is 5.32 Å². The van der Waals surface area contributed by atoms with E-state index in [4.69, 9.17) is 10.5 Å². The summed E-state index contributed by atoms with van der Waals surface area (Å²) in [6.45, 7) is 1.29. The van der Waals surface area contributed by atoms with Crippen LogP contribution in [0.2, 0.25) is 0 Å². The first-order valence-electron chi connectivity index (χ1n) is 8.11. The predicted octanol–water partition coefficient (Wildman–Crippen LogP) is 3.46. The van der Waals surface area contributed by atoms with Gasteiger partial charge in [-0.2, -0.15) is 0 Å². The molecular weight excluding hydrogens is 283 g/mol. The molecule has 0 spiro atoms. The van der Waals surface area contributed by atoms with Gasteiger partial charge in [0.15, 0.2) is 0 Å². The number of nitrogens with two attached hydrogens (primary N) is 1. The van der Waals surface area contributed by atoms with Crippen molar-refractivity contribution in [1.82, 2.24) is 0 Å². The van der Waals surface area contributed by atoms with Gasteiger partial charge in [0.2, 0.25) is 5.91 Å². The van der Waals surface area contributed by atoms with Gasteiger partial charge in [0.05, 0.1) is 12.3 Å². The zero-order valence-electron chi connectivity index (χ0n) is 12.9. The smallest absolute Gasteiger partial charge is 0.224 e. The minimum absolute atomic E-state index is 0.0596. The largest absolute Gasteiger partial charge is 0.491 e. The van der Waals surface area contributed by atoms with Crippen molar-refractivity contribution in [3.63, 3.8) is 0 Å². The zero-order valence-corrected chi connectivity index (χ0v) is 12.9. The molecule has 0 saturated heterocycles. The molecule has 0 unspecified atom stereocenters. The molecule has 4 nitrogen and oxygen atoms in total. The minimum atomic E-state index is -0.356. The van der Waals surface area contributed by atoms with Crippen LogP contribution in [0.5, 0.6) is 5.75 Å². The van der Waals surface area contributed by atoms with Crippen molar-refractivity contribution in [2.75, 3.05) is 18.5 Å². The number of rotatable bonds is 10. The van der Waals surface area contributed by atoms with E-state index in [0.29, 0.717) is 36.9 Å². The molecule has 3 N–H and O–H groups in total. The van der Waals surface area contributed by atoms with E-state index < -0.39 is 0 Å². The Morgan fingerprint density at radius 2 is 2.05 bits per heavy atom. The van der Waals surface area contributed by atoms with Crippen LogP contribution in [-0.4, -0.2) is 19.1 Å². The lowest BCUT2D eigenvalue weighted by atomic mass is 10.1. The Kier molecular flexibility index (Phi) is 6.65. The Balaban J connectivity index is 1.80. The first-order valence-corrected chi connectivity index (χ1v) is 8.11. The van der Waals surface area contributed by atoms with E-state index >= 15 is 0 Å². The summed E-state index contributed by atoms with van der Waals surface area (Å²) >= 11 is 0. The molecule has 1 aromatic carbocycles. The molecule has 5 heteroatoms. The van der Waals surface area contributed by atoms with E-state index in [0.717, 1.165) is 25.7 Å². The molecule has 1 amide bonds. The maximum atomic E-state index is 13.3. The van der Waals surface area contributed by atoms with Crippen molar-refractivity contribution < 1.29 is 13.9 Å². The Morgan fingerprint density at radius 3 is 2.77 bits per heavy atom. The van der Waals surface area contributed by atoms with Crippen molar-refractivity contribution >= 4 is 11.6 Å². The molecule has 0 aliphatic heterocycles. The lowest BCUT2D eigenvalue weighted by Gasteiger charge is -2.12. The van der Waals surface area contributed by atoms with Crippen molar-refractivity contribution in [3.05, 3.63) is 24.0 Å². The van der Waals surface area contributed by atoms with Gasteiger partial charge in [-0.15, -0.1) is 0 Å². The van der Waals surface area contributed by atoms with Crippen molar-refractivity contribution in [3.8, 4) is 5.75 Å². The molecule has 1 saturated carbocycles. The fourth-order valence-electron chi connectivity index (χ4n) is 2.21. The van der Waals surface area contributed by atoms with Gasteiger partial charge >= 0.3 is 0 Å². The first kappa shape index (κ1) is 16.7. The van der Waals surface area contributed by atoms with Crippen LogP contribution in [0.4, 0.5) is 10.1 Å². The average molecular weight is 308 g/mol. The monoisotopic (exact) mass is 308 g/mol. The van der Waals surface area contributed by atoms with Gasteiger partial charge in [0.1, 0.15) is 11.6 Å². The molecule has 0 atom stereocenters. The minimum Gasteiger partial charge on any atom is -0.491 e. The van der Waals surface area contributed by atoms with Gasteiger partial charge in [0, 0.05) is 12.5 Å². The van der Waals surface area contributed by atoms with Crippen LogP contribution < -0.4 is 15.8 Å². The van der Waals surface area contributed by atoms with E-state index in [-0.39, 0.29) is 11.7 Å². The predicted molar refractivity (Wildman–Crippen MR) is 85.4 cm³/mol. The summed E-state index contributed by atoms with van der Waals surface area (Å²) in [5.41, 5.74) is 5.98. The topological polar surface area (TPSA) is 64.4 Å². The van der Waals surface area contributed by atoms with Gasteiger partial charge in [-0.1, -0.05) is 12.8 Å². The number of amides is 1. The highest BCUT2D eigenvalue weighted by Gasteiger charge is 2.22. The molecule has 1 aliphatic rings. The summed E-state index contributed by atoms with van der Waals surface area (Å²) in [6, 6.07) is 4.23. The SMILES string of the molecule is NCCCCCCC(=O)Nc1ccc(F)cc1OCC1CC1. The summed E-state index contributed by atoms with van der Waals surface area (Å²) in [5.74, 6) is 0.582. The van der Waals surface area contributed by atoms with Gasteiger partial charge < -0.3 is 15.8 Å². The maximum absolute atomic E-state index is 13.3. The maximum Gasteiger partial charge on any atom is 0.224 e. The van der Waals surface area contributed by atoms with Gasteiger partial charge in [-0.05, 0) is 50.3 Å². The average Bonchev–Trinajstić information content (AvgIpc) is 3.31. The van der Waals surface area contributed by atoms with Crippen molar-refractivity contribution in [2.45, 2.75) is 44.9 Å². The summed E-state index contributed by atoms with van der Waals surface area (Å²) in [6.07, 6.45) is 6.68. The van der Waals surface area contributed by atoms with Gasteiger partial charge in [0.25, 0.3) is 0 Å². The molecular formula is C17H25FN2O2. The number of carbonyl (C=O) groups is 1. The standard InChI is InChI=1S/C17H25FN2O2/c18-14-8-9-15(16(11-14)22-12-13-6-7-13)20-17(21)5-3-1-2-4-10-19/h8-9,11,13H,1-7,10,12,19H2,(H,20,21). The number of anilines is 1. The lowest BCUT2D eigenvalue weighted by molar-refractivity contribution is -0.116. The number of carbonyl (C=O) groups excluding carboxylic acids is 1. The number of ether oxygens (including phenoxy) is 1. The highest BCUT2D eigenvalue weighted by atomic mass is 19.1. The molecule has 1 aromatic rings. The number of hydrogen-bond acceptors (Lipinski definition) is 3. The van der Waals surface area contributed by atoms with Crippen LogP contribution in [0, 0.1) is 11.7 Å². The molecule has 0 radical (unpaired) electrons. The third kappa shape index (κ3) is 6.02. The van der Waals surface area contributed by atoms with Crippen LogP contribution in [-0.2, 0) is 4.79 Å². The Bertz CT molecular complexity index is 490. The van der Waals surface area contributed by atoms with Gasteiger partial charge in [-0.25, -0.2) is 4.39 Å². The Hall–Kier alpha value is -1.62. The third-order valence-corrected chi connectivity index (χ3v) is 3.75. The number of halogens is 1. The summed E-state index contributed by atoms with van der Waals surface area (Å²) < 4.78 is 19.0. The van der Waals surface area contributed by atoms with Crippen LogP contribution in [0.3, 0.4) is 0 Å². The van der Waals surface area contributed by atoms with Crippen molar-refractivity contribution in [2.24, 2.45) is 11.7 Å². The van der Waals surface area contributed by atoms with E-state index in [1.165, 1.54) is 25.0 Å². The normalized spacial score (nSPS) is 13.9. The van der Waals surface area contributed by atoms with Gasteiger partial charge in [-0.3, -0.25) is 4.79 Å². The molecule has 122 valence electrons. The van der Waals surface area contributed by atoms with Crippen LogP contribution >= 0.6 is 0 Å². The molecule has 0 bridgehead atoms. The quantitative estimate of drug-likeness (QED) is 0.651. The van der Waals surface area contributed by atoms with E-state index in [9.17, 15) is 9.18 Å². The Labute approximate surface area is 131 Å². The number of nitrogens with one attached hydrogen (secondary N) is 1. The highest BCUT2D eigenvalue weighted by molar-refractivity contribution is 5.92. The van der Waals surface area contributed by atoms with Crippen molar-refractivity contribution in [1.29, 1.82) is 0 Å². The number of benzene rings is 1. The van der Waals surface area contributed by atoms with Crippen LogP contribution in [0.1, 0.15) is 44.9 Å². The summed E-state index contributed by atoms with van der Waals surface area (Å²) in [4.78, 5) is 11.9. The van der Waals surface area contributed by atoms with E-state index in [1.54, 1.807) is 6.07 Å². The zero-order chi connectivity index (χ0) is 15.8. The number of unbranched alkanes of at least 4 members (excludes halogenated alkanes) is 3.